The molecule has 0 unspecified atom stereocenters. The number of amides is 1. The molecule has 3 heteroatoms. The van der Waals surface area contributed by atoms with Crippen LogP contribution in [0, 0.1) is 41.5 Å². The lowest BCUT2D eigenvalue weighted by Gasteiger charge is -2.19. The fourth-order valence-corrected chi connectivity index (χ4v) is 4.06. The Balaban J connectivity index is 2.75. The van der Waals surface area contributed by atoms with Crippen molar-refractivity contribution < 1.29 is 9.90 Å². The summed E-state index contributed by atoms with van der Waals surface area (Å²) in [6.45, 7) is 14.7. The second kappa shape index (κ2) is 9.09. The Kier molecular flexibility index (Phi) is 7.06. The molecule has 28 heavy (non-hydrogen) atoms. The molecule has 150 valence electrons. The zero-order valence-corrected chi connectivity index (χ0v) is 18.3. The Bertz CT molecular complexity index is 876. The molecule has 0 atom stereocenters. The maximum absolute atomic E-state index is 13.2. The lowest BCUT2D eigenvalue weighted by atomic mass is 9.88. The van der Waals surface area contributed by atoms with Crippen molar-refractivity contribution in [2.45, 2.75) is 61.3 Å². The van der Waals surface area contributed by atoms with Crippen molar-refractivity contribution in [3.8, 4) is 0 Å². The van der Waals surface area contributed by atoms with Gasteiger partial charge in [-0.3, -0.25) is 4.79 Å². The molecule has 0 spiro atoms. The predicted molar refractivity (Wildman–Crippen MR) is 119 cm³/mol. The minimum absolute atomic E-state index is 0.0547. The SMILES string of the molecule is CCCCNC(=O)/C(=C(\O)c1c(C)cc(C)cc1C)c1c(C)cc(C)cc1C. The maximum Gasteiger partial charge on any atom is 0.255 e. The fourth-order valence-electron chi connectivity index (χ4n) is 4.06. The highest BCUT2D eigenvalue weighted by molar-refractivity contribution is 6.26. The molecule has 0 bridgehead atoms. The van der Waals surface area contributed by atoms with Crippen LogP contribution in [0.15, 0.2) is 24.3 Å². The van der Waals surface area contributed by atoms with Gasteiger partial charge in [-0.05, 0) is 75.8 Å². The minimum atomic E-state index is -0.222. The van der Waals surface area contributed by atoms with E-state index in [0.29, 0.717) is 12.1 Å². The molecule has 0 aliphatic rings. The summed E-state index contributed by atoms with van der Waals surface area (Å²) >= 11 is 0. The van der Waals surface area contributed by atoms with E-state index >= 15 is 0 Å². The molecule has 0 heterocycles. The summed E-state index contributed by atoms with van der Waals surface area (Å²) in [6.07, 6.45) is 1.91. The van der Waals surface area contributed by atoms with Gasteiger partial charge in [0.15, 0.2) is 0 Å². The molecule has 2 aromatic rings. The van der Waals surface area contributed by atoms with Gasteiger partial charge in [0.05, 0.1) is 5.57 Å². The van der Waals surface area contributed by atoms with Gasteiger partial charge >= 0.3 is 0 Å². The number of rotatable bonds is 6. The number of aryl methyl sites for hydroxylation is 6. The molecular weight excluding hydrogens is 346 g/mol. The predicted octanol–water partition coefficient (Wildman–Crippen LogP) is 5.88. The number of carbonyl (C=O) groups is 1. The van der Waals surface area contributed by atoms with Crippen LogP contribution in [0.2, 0.25) is 0 Å². The summed E-state index contributed by atoms with van der Waals surface area (Å²) in [7, 11) is 0. The monoisotopic (exact) mass is 379 g/mol. The van der Waals surface area contributed by atoms with Crippen LogP contribution in [-0.2, 0) is 4.79 Å². The molecular formula is C25H33NO2. The molecule has 2 N–H and O–H groups in total. The van der Waals surface area contributed by atoms with Gasteiger partial charge in [-0.15, -0.1) is 0 Å². The van der Waals surface area contributed by atoms with Gasteiger partial charge in [0.1, 0.15) is 5.76 Å². The Morgan fingerprint density at radius 2 is 1.25 bits per heavy atom. The van der Waals surface area contributed by atoms with E-state index < -0.39 is 0 Å². The number of hydrogen-bond acceptors (Lipinski definition) is 2. The molecule has 0 radical (unpaired) electrons. The number of carbonyl (C=O) groups excluding carboxylic acids is 1. The van der Waals surface area contributed by atoms with E-state index in [1.165, 1.54) is 0 Å². The largest absolute Gasteiger partial charge is 0.506 e. The molecule has 0 aromatic heterocycles. The van der Waals surface area contributed by atoms with Crippen molar-refractivity contribution in [1.82, 2.24) is 5.32 Å². The van der Waals surface area contributed by atoms with E-state index in [-0.39, 0.29) is 11.7 Å². The average molecular weight is 380 g/mol. The zero-order chi connectivity index (χ0) is 21.0. The topological polar surface area (TPSA) is 49.3 Å². The van der Waals surface area contributed by atoms with Gasteiger partial charge in [-0.25, -0.2) is 0 Å². The van der Waals surface area contributed by atoms with Gasteiger partial charge < -0.3 is 10.4 Å². The molecule has 3 nitrogen and oxygen atoms in total. The summed E-state index contributed by atoms with van der Waals surface area (Å²) in [5, 5.41) is 14.3. The molecule has 0 aliphatic carbocycles. The van der Waals surface area contributed by atoms with Crippen molar-refractivity contribution in [1.29, 1.82) is 0 Å². The standard InChI is InChI=1S/C25H33NO2/c1-8-9-10-26-25(28)23(21-17(4)11-15(2)12-18(21)5)24(27)22-19(6)13-16(3)14-20(22)7/h11-14,27H,8-10H2,1-7H3,(H,26,28)/b24-23-. The van der Waals surface area contributed by atoms with Crippen LogP contribution in [0.3, 0.4) is 0 Å². The summed E-state index contributed by atoms with van der Waals surface area (Å²) in [6, 6.07) is 8.20. The number of hydrogen-bond donors (Lipinski definition) is 2. The van der Waals surface area contributed by atoms with Crippen LogP contribution >= 0.6 is 0 Å². The second-order valence-electron chi connectivity index (χ2n) is 7.88. The second-order valence-corrected chi connectivity index (χ2v) is 7.88. The van der Waals surface area contributed by atoms with Crippen molar-refractivity contribution in [2.24, 2.45) is 0 Å². The first-order valence-electron chi connectivity index (χ1n) is 10.0. The van der Waals surface area contributed by atoms with Crippen LogP contribution < -0.4 is 5.32 Å². The van der Waals surface area contributed by atoms with Crippen LogP contribution in [-0.4, -0.2) is 17.6 Å². The third kappa shape index (κ3) is 4.64. The van der Waals surface area contributed by atoms with Crippen LogP contribution in [0.4, 0.5) is 0 Å². The molecule has 0 saturated heterocycles. The Morgan fingerprint density at radius 3 is 1.68 bits per heavy atom. The Morgan fingerprint density at radius 1 is 0.821 bits per heavy atom. The van der Waals surface area contributed by atoms with Gasteiger partial charge in [-0.2, -0.15) is 0 Å². The highest BCUT2D eigenvalue weighted by Crippen LogP contribution is 2.33. The van der Waals surface area contributed by atoms with Crippen LogP contribution in [0.5, 0.6) is 0 Å². The van der Waals surface area contributed by atoms with Crippen molar-refractivity contribution in [3.63, 3.8) is 0 Å². The number of benzene rings is 2. The summed E-state index contributed by atoms with van der Waals surface area (Å²) < 4.78 is 0. The molecule has 1 amide bonds. The van der Waals surface area contributed by atoms with E-state index in [9.17, 15) is 9.90 Å². The lowest BCUT2D eigenvalue weighted by Crippen LogP contribution is -2.27. The average Bonchev–Trinajstić information content (AvgIpc) is 2.56. The van der Waals surface area contributed by atoms with E-state index in [1.807, 2.05) is 53.7 Å². The molecule has 0 aliphatic heterocycles. The molecule has 0 saturated carbocycles. The number of aliphatic hydroxyl groups is 1. The summed E-state index contributed by atoms with van der Waals surface area (Å²) in [5.74, 6) is -0.167. The third-order valence-corrected chi connectivity index (χ3v) is 5.12. The van der Waals surface area contributed by atoms with Crippen molar-refractivity contribution >= 4 is 17.2 Å². The van der Waals surface area contributed by atoms with Gasteiger partial charge in [0, 0.05) is 12.1 Å². The first-order chi connectivity index (χ1) is 13.2. The van der Waals surface area contributed by atoms with Crippen LogP contribution in [0.25, 0.3) is 11.3 Å². The molecule has 2 rings (SSSR count). The lowest BCUT2D eigenvalue weighted by molar-refractivity contribution is -0.115. The molecule has 2 aromatic carbocycles. The van der Waals surface area contributed by atoms with Gasteiger partial charge in [-0.1, -0.05) is 48.7 Å². The normalized spacial score (nSPS) is 12.0. The number of aliphatic hydroxyl groups excluding tert-OH is 1. The quantitative estimate of drug-likeness (QED) is 0.285. The third-order valence-electron chi connectivity index (χ3n) is 5.12. The highest BCUT2D eigenvalue weighted by atomic mass is 16.3. The smallest absolute Gasteiger partial charge is 0.255 e. The van der Waals surface area contributed by atoms with E-state index in [4.69, 9.17) is 0 Å². The summed E-state index contributed by atoms with van der Waals surface area (Å²) in [4.78, 5) is 13.2. The van der Waals surface area contributed by atoms with E-state index in [2.05, 4.69) is 24.4 Å². The number of unbranched alkanes of at least 4 members (excludes halogenated alkanes) is 1. The highest BCUT2D eigenvalue weighted by Gasteiger charge is 2.24. The number of nitrogens with one attached hydrogen (secondary N) is 1. The minimum Gasteiger partial charge on any atom is -0.506 e. The first kappa shape index (κ1) is 21.7. The fraction of sp³-hybridized carbons (Fsp3) is 0.400. The zero-order valence-electron chi connectivity index (χ0n) is 18.3. The van der Waals surface area contributed by atoms with E-state index in [0.717, 1.165) is 57.3 Å². The maximum atomic E-state index is 13.2. The molecule has 0 fully saturated rings. The summed E-state index contributed by atoms with van der Waals surface area (Å²) in [5.41, 5.74) is 8.13. The van der Waals surface area contributed by atoms with E-state index in [1.54, 1.807) is 0 Å². The van der Waals surface area contributed by atoms with Gasteiger partial charge in [0.25, 0.3) is 5.91 Å². The van der Waals surface area contributed by atoms with Crippen LogP contribution in [0.1, 0.15) is 64.3 Å². The Labute approximate surface area is 169 Å². The Hall–Kier alpha value is -2.55. The van der Waals surface area contributed by atoms with Crippen molar-refractivity contribution in [3.05, 3.63) is 68.8 Å². The first-order valence-corrected chi connectivity index (χ1v) is 10.0. The van der Waals surface area contributed by atoms with Crippen molar-refractivity contribution in [2.75, 3.05) is 6.54 Å². The van der Waals surface area contributed by atoms with Gasteiger partial charge in [0.2, 0.25) is 0 Å².